The molecule has 1 aromatic carbocycles. The van der Waals surface area contributed by atoms with Gasteiger partial charge in [-0.2, -0.15) is 0 Å². The largest absolute Gasteiger partial charge is 0.508 e. The van der Waals surface area contributed by atoms with Crippen molar-refractivity contribution in [2.75, 3.05) is 7.05 Å². The van der Waals surface area contributed by atoms with Gasteiger partial charge in [-0.15, -0.1) is 0 Å². The number of nitrogens with zero attached hydrogens (tertiary/aromatic N) is 1. The van der Waals surface area contributed by atoms with Crippen LogP contribution in [0.5, 0.6) is 5.75 Å². The highest BCUT2D eigenvalue weighted by Gasteiger charge is 2.31. The van der Waals surface area contributed by atoms with Crippen molar-refractivity contribution in [1.82, 2.24) is 0 Å². The molecule has 0 spiro atoms. The molecule has 0 aromatic heterocycles. The van der Waals surface area contributed by atoms with E-state index in [0.717, 1.165) is 12.3 Å². The van der Waals surface area contributed by atoms with E-state index in [1.807, 2.05) is 25.4 Å². The maximum absolute atomic E-state index is 9.46. The number of benzene rings is 1. The second-order valence-electron chi connectivity index (χ2n) is 4.22. The molecule has 1 aliphatic carbocycles. The lowest BCUT2D eigenvalue weighted by Crippen LogP contribution is -2.01. The van der Waals surface area contributed by atoms with Gasteiger partial charge in [-0.3, -0.25) is 0 Å². The quantitative estimate of drug-likeness (QED) is 0.750. The zero-order chi connectivity index (χ0) is 10.7. The van der Waals surface area contributed by atoms with Gasteiger partial charge in [0.05, 0.1) is 0 Å². The van der Waals surface area contributed by atoms with Gasteiger partial charge in [0.1, 0.15) is 5.75 Å². The van der Waals surface area contributed by atoms with Gasteiger partial charge in [-0.1, -0.05) is 12.1 Å². The number of phenolic OH excluding ortho intramolecular Hbond substituents is 1. The predicted octanol–water partition coefficient (Wildman–Crippen LogP) is 2.98. The molecular weight excluding hydrogens is 186 g/mol. The Morgan fingerprint density at radius 3 is 2.93 bits per heavy atom. The molecule has 1 fully saturated rings. The molecule has 1 aliphatic rings. The second kappa shape index (κ2) is 4.47. The standard InChI is InChI=1S/C13H17NO/c1-14-8-7-13(10-5-6-10)11-3-2-4-12(15)9-11/h2-4,8-10,13,15H,5-7H2,1H3/b14-8+/t13-/m0/s1. The molecule has 0 amide bonds. The summed E-state index contributed by atoms with van der Waals surface area (Å²) >= 11 is 0. The van der Waals surface area contributed by atoms with E-state index in [-0.39, 0.29) is 0 Å². The van der Waals surface area contributed by atoms with Crippen LogP contribution >= 0.6 is 0 Å². The molecule has 1 atom stereocenters. The number of hydrogen-bond acceptors (Lipinski definition) is 2. The Bertz CT molecular complexity index is 355. The molecule has 1 aromatic rings. The Morgan fingerprint density at radius 1 is 1.53 bits per heavy atom. The predicted molar refractivity (Wildman–Crippen MR) is 62.6 cm³/mol. The zero-order valence-electron chi connectivity index (χ0n) is 9.06. The van der Waals surface area contributed by atoms with E-state index in [9.17, 15) is 5.11 Å². The van der Waals surface area contributed by atoms with Crippen LogP contribution < -0.4 is 0 Å². The van der Waals surface area contributed by atoms with Crippen molar-refractivity contribution in [3.05, 3.63) is 29.8 Å². The molecule has 80 valence electrons. The van der Waals surface area contributed by atoms with E-state index in [2.05, 4.69) is 11.1 Å². The SMILES string of the molecule is C/N=C/C[C@H](c1cccc(O)c1)C1CC1. The second-order valence-corrected chi connectivity index (χ2v) is 4.22. The molecule has 0 aliphatic heterocycles. The first kappa shape index (κ1) is 10.2. The van der Waals surface area contributed by atoms with Gasteiger partial charge >= 0.3 is 0 Å². The summed E-state index contributed by atoms with van der Waals surface area (Å²) in [7, 11) is 1.81. The topological polar surface area (TPSA) is 32.6 Å². The van der Waals surface area contributed by atoms with Gasteiger partial charge in [0.15, 0.2) is 0 Å². The molecule has 2 rings (SSSR count). The van der Waals surface area contributed by atoms with Gasteiger partial charge < -0.3 is 10.1 Å². The van der Waals surface area contributed by atoms with Gasteiger partial charge in [0, 0.05) is 7.05 Å². The van der Waals surface area contributed by atoms with Crippen molar-refractivity contribution >= 4 is 6.21 Å². The maximum Gasteiger partial charge on any atom is 0.115 e. The monoisotopic (exact) mass is 203 g/mol. The molecule has 0 saturated heterocycles. The van der Waals surface area contributed by atoms with Gasteiger partial charge in [-0.25, -0.2) is 0 Å². The Kier molecular flexibility index (Phi) is 3.05. The highest BCUT2D eigenvalue weighted by molar-refractivity contribution is 5.59. The first-order chi connectivity index (χ1) is 7.31. The molecule has 2 nitrogen and oxygen atoms in total. The van der Waals surface area contributed by atoms with Crippen LogP contribution in [0.1, 0.15) is 30.7 Å². The van der Waals surface area contributed by atoms with E-state index in [4.69, 9.17) is 0 Å². The summed E-state index contributed by atoms with van der Waals surface area (Å²) in [6, 6.07) is 7.63. The third kappa shape index (κ3) is 2.58. The summed E-state index contributed by atoms with van der Waals surface area (Å²) in [4.78, 5) is 4.05. The number of aromatic hydroxyl groups is 1. The minimum atomic E-state index is 0.367. The molecule has 0 radical (unpaired) electrons. The summed E-state index contributed by atoms with van der Waals surface area (Å²) in [6.07, 6.45) is 5.60. The van der Waals surface area contributed by atoms with Crippen molar-refractivity contribution in [1.29, 1.82) is 0 Å². The average Bonchev–Trinajstić information content (AvgIpc) is 3.03. The smallest absolute Gasteiger partial charge is 0.115 e. The molecular formula is C13H17NO. The van der Waals surface area contributed by atoms with Crippen molar-refractivity contribution in [2.24, 2.45) is 10.9 Å². The van der Waals surface area contributed by atoms with Crippen molar-refractivity contribution in [3.8, 4) is 5.75 Å². The minimum absolute atomic E-state index is 0.367. The number of rotatable bonds is 4. The zero-order valence-corrected chi connectivity index (χ0v) is 9.06. The molecule has 2 heteroatoms. The van der Waals surface area contributed by atoms with Crippen LogP contribution in [0, 0.1) is 5.92 Å². The highest BCUT2D eigenvalue weighted by Crippen LogP contribution is 2.44. The number of hydrogen-bond donors (Lipinski definition) is 1. The minimum Gasteiger partial charge on any atom is -0.508 e. The highest BCUT2D eigenvalue weighted by atomic mass is 16.3. The number of aliphatic imine (C=N–C) groups is 1. The fraction of sp³-hybridized carbons (Fsp3) is 0.462. The Hall–Kier alpha value is -1.31. The van der Waals surface area contributed by atoms with Crippen LogP contribution in [0.2, 0.25) is 0 Å². The lowest BCUT2D eigenvalue weighted by molar-refractivity contribution is 0.473. The van der Waals surface area contributed by atoms with Crippen LogP contribution in [0.3, 0.4) is 0 Å². The number of phenols is 1. The van der Waals surface area contributed by atoms with E-state index in [1.165, 1.54) is 18.4 Å². The van der Waals surface area contributed by atoms with Gasteiger partial charge in [0.25, 0.3) is 0 Å². The lowest BCUT2D eigenvalue weighted by Gasteiger charge is -2.14. The fourth-order valence-electron chi connectivity index (χ4n) is 2.07. The molecule has 15 heavy (non-hydrogen) atoms. The van der Waals surface area contributed by atoms with Crippen LogP contribution in [0.25, 0.3) is 0 Å². The van der Waals surface area contributed by atoms with E-state index in [0.29, 0.717) is 11.7 Å². The van der Waals surface area contributed by atoms with Crippen LogP contribution in [-0.2, 0) is 0 Å². The van der Waals surface area contributed by atoms with E-state index in [1.54, 1.807) is 6.07 Å². The first-order valence-electron chi connectivity index (χ1n) is 5.51. The van der Waals surface area contributed by atoms with Gasteiger partial charge in [-0.05, 0) is 55.0 Å². The summed E-state index contributed by atoms with van der Waals surface area (Å²) < 4.78 is 0. The summed E-state index contributed by atoms with van der Waals surface area (Å²) in [5.74, 6) is 1.71. The van der Waals surface area contributed by atoms with E-state index >= 15 is 0 Å². The lowest BCUT2D eigenvalue weighted by atomic mass is 9.91. The first-order valence-corrected chi connectivity index (χ1v) is 5.51. The normalized spacial score (nSPS) is 18.2. The third-order valence-electron chi connectivity index (χ3n) is 3.03. The van der Waals surface area contributed by atoms with Crippen molar-refractivity contribution in [2.45, 2.75) is 25.2 Å². The van der Waals surface area contributed by atoms with Crippen molar-refractivity contribution in [3.63, 3.8) is 0 Å². The van der Waals surface area contributed by atoms with Crippen LogP contribution in [0.15, 0.2) is 29.3 Å². The molecule has 0 bridgehead atoms. The van der Waals surface area contributed by atoms with Gasteiger partial charge in [0.2, 0.25) is 0 Å². The molecule has 0 heterocycles. The van der Waals surface area contributed by atoms with E-state index < -0.39 is 0 Å². The average molecular weight is 203 g/mol. The molecule has 0 unspecified atom stereocenters. The van der Waals surface area contributed by atoms with Crippen LogP contribution in [-0.4, -0.2) is 18.4 Å². The van der Waals surface area contributed by atoms with Crippen molar-refractivity contribution < 1.29 is 5.11 Å². The third-order valence-corrected chi connectivity index (χ3v) is 3.03. The summed E-state index contributed by atoms with van der Waals surface area (Å²) in [5.41, 5.74) is 1.25. The molecule has 1 N–H and O–H groups in total. The Morgan fingerprint density at radius 2 is 2.33 bits per heavy atom. The molecule has 1 saturated carbocycles. The fourth-order valence-corrected chi connectivity index (χ4v) is 2.07. The Balaban J connectivity index is 2.16. The van der Waals surface area contributed by atoms with Crippen LogP contribution in [0.4, 0.5) is 0 Å². The Labute approximate surface area is 90.7 Å². The summed E-state index contributed by atoms with van der Waals surface area (Å²) in [6.45, 7) is 0. The maximum atomic E-state index is 9.46. The summed E-state index contributed by atoms with van der Waals surface area (Å²) in [5, 5.41) is 9.46.